The van der Waals surface area contributed by atoms with Crippen LogP contribution in [0.5, 0.6) is 0 Å². The van der Waals surface area contributed by atoms with Crippen LogP contribution >= 0.6 is 0 Å². The first kappa shape index (κ1) is 18.6. The topological polar surface area (TPSA) is 87.7 Å². The Kier molecular flexibility index (Phi) is 5.52. The largest absolute Gasteiger partial charge is 0.375 e. The molecular formula is C20H21N3O4. The quantitative estimate of drug-likeness (QED) is 0.765. The van der Waals surface area contributed by atoms with Gasteiger partial charge in [-0.25, -0.2) is 4.90 Å². The van der Waals surface area contributed by atoms with Gasteiger partial charge in [-0.3, -0.25) is 14.4 Å². The second-order valence-electron chi connectivity index (χ2n) is 6.37. The average Bonchev–Trinajstić information content (AvgIpc) is 2.90. The van der Waals surface area contributed by atoms with Crippen LogP contribution in [0.25, 0.3) is 0 Å². The lowest BCUT2D eigenvalue weighted by atomic mass is 10.2. The maximum Gasteiger partial charge on any atom is 0.256 e. The van der Waals surface area contributed by atoms with Gasteiger partial charge in [0.2, 0.25) is 11.8 Å². The van der Waals surface area contributed by atoms with Gasteiger partial charge in [-0.1, -0.05) is 23.8 Å². The first-order valence-corrected chi connectivity index (χ1v) is 8.57. The van der Waals surface area contributed by atoms with Crippen molar-refractivity contribution in [2.24, 2.45) is 0 Å². The number of ether oxygens (including phenoxy) is 1. The zero-order valence-electron chi connectivity index (χ0n) is 15.2. The molecule has 1 aliphatic rings. The van der Waals surface area contributed by atoms with Crippen LogP contribution in [0.15, 0.2) is 48.5 Å². The average molecular weight is 367 g/mol. The van der Waals surface area contributed by atoms with Crippen molar-refractivity contribution in [2.45, 2.75) is 19.4 Å². The highest BCUT2D eigenvalue weighted by Crippen LogP contribution is 2.26. The third-order valence-electron chi connectivity index (χ3n) is 4.20. The molecule has 0 unspecified atom stereocenters. The van der Waals surface area contributed by atoms with Gasteiger partial charge in [-0.2, -0.15) is 0 Å². The summed E-state index contributed by atoms with van der Waals surface area (Å²) in [5, 5.41) is 5.79. The number of nitrogens with one attached hydrogen (secondary N) is 2. The highest BCUT2D eigenvalue weighted by molar-refractivity contribution is 6.23. The molecule has 3 rings (SSSR count). The highest BCUT2D eigenvalue weighted by Gasteiger charge is 2.39. The van der Waals surface area contributed by atoms with E-state index >= 15 is 0 Å². The van der Waals surface area contributed by atoms with Crippen LogP contribution in [0, 0.1) is 6.92 Å². The molecule has 140 valence electrons. The van der Waals surface area contributed by atoms with Gasteiger partial charge in [0.25, 0.3) is 5.91 Å². The molecule has 3 amide bonds. The minimum absolute atomic E-state index is 0.0429. The zero-order valence-corrected chi connectivity index (χ0v) is 15.2. The Morgan fingerprint density at radius 1 is 1.15 bits per heavy atom. The second-order valence-corrected chi connectivity index (χ2v) is 6.37. The van der Waals surface area contributed by atoms with Crippen LogP contribution in [0.2, 0.25) is 0 Å². The fourth-order valence-electron chi connectivity index (χ4n) is 2.93. The summed E-state index contributed by atoms with van der Waals surface area (Å²) >= 11 is 0. The van der Waals surface area contributed by atoms with E-state index in [-0.39, 0.29) is 30.7 Å². The maximum atomic E-state index is 12.7. The highest BCUT2D eigenvalue weighted by atomic mass is 16.5. The first-order valence-electron chi connectivity index (χ1n) is 8.57. The van der Waals surface area contributed by atoms with Crippen molar-refractivity contribution in [3.63, 3.8) is 0 Å². The van der Waals surface area contributed by atoms with E-state index in [2.05, 4.69) is 10.6 Å². The summed E-state index contributed by atoms with van der Waals surface area (Å²) in [6.45, 7) is 1.90. The number of hydrogen-bond donors (Lipinski definition) is 2. The van der Waals surface area contributed by atoms with Gasteiger partial charge in [-0.05, 0) is 37.3 Å². The fraction of sp³-hybridized carbons (Fsp3) is 0.250. The molecule has 2 aromatic rings. The summed E-state index contributed by atoms with van der Waals surface area (Å²) in [6.07, 6.45) is 0.0764. The predicted molar refractivity (Wildman–Crippen MR) is 103 cm³/mol. The number of anilines is 3. The van der Waals surface area contributed by atoms with Crippen LogP contribution in [-0.2, 0) is 19.1 Å². The first-order chi connectivity index (χ1) is 13.0. The minimum atomic E-state index is -0.649. The molecule has 7 heteroatoms. The number of rotatable bonds is 6. The molecule has 2 N–H and O–H groups in total. The summed E-state index contributed by atoms with van der Waals surface area (Å²) in [5.41, 5.74) is 2.84. The summed E-state index contributed by atoms with van der Waals surface area (Å²) in [6, 6.07) is 13.6. The fourth-order valence-corrected chi connectivity index (χ4v) is 2.93. The summed E-state index contributed by atoms with van der Waals surface area (Å²) in [5.74, 6) is -0.809. The molecule has 7 nitrogen and oxygen atoms in total. The lowest BCUT2D eigenvalue weighted by molar-refractivity contribution is -0.121. The van der Waals surface area contributed by atoms with Crippen LogP contribution in [0.3, 0.4) is 0 Å². The molecule has 0 aliphatic carbocycles. The van der Waals surface area contributed by atoms with Crippen molar-refractivity contribution in [3.8, 4) is 0 Å². The molecule has 0 radical (unpaired) electrons. The number of methoxy groups -OCH3 is 1. The SMILES string of the molecule is COCC(=O)Nc1cccc(N[C@H]2CC(=O)N(c3ccc(C)cc3)C2=O)c1. The van der Waals surface area contributed by atoms with E-state index in [0.717, 1.165) is 5.56 Å². The van der Waals surface area contributed by atoms with Crippen molar-refractivity contribution in [1.29, 1.82) is 0 Å². The normalized spacial score (nSPS) is 16.5. The zero-order chi connectivity index (χ0) is 19.4. The lowest BCUT2D eigenvalue weighted by Gasteiger charge is -2.16. The van der Waals surface area contributed by atoms with Crippen molar-refractivity contribution in [1.82, 2.24) is 0 Å². The number of aryl methyl sites for hydroxylation is 1. The van der Waals surface area contributed by atoms with Crippen LogP contribution in [0.4, 0.5) is 17.1 Å². The molecular weight excluding hydrogens is 346 g/mol. The van der Waals surface area contributed by atoms with Crippen LogP contribution in [0.1, 0.15) is 12.0 Å². The number of carbonyl (C=O) groups excluding carboxylic acids is 3. The minimum Gasteiger partial charge on any atom is -0.375 e. The Labute approximate surface area is 157 Å². The van der Waals surface area contributed by atoms with E-state index in [4.69, 9.17) is 4.74 Å². The molecule has 0 saturated carbocycles. The molecule has 1 atom stereocenters. The maximum absolute atomic E-state index is 12.7. The van der Waals surface area contributed by atoms with E-state index in [0.29, 0.717) is 17.1 Å². The Morgan fingerprint density at radius 3 is 2.56 bits per heavy atom. The molecule has 0 aromatic heterocycles. The van der Waals surface area contributed by atoms with E-state index in [1.807, 2.05) is 19.1 Å². The molecule has 0 bridgehead atoms. The summed E-state index contributed by atoms with van der Waals surface area (Å²) in [7, 11) is 1.44. The predicted octanol–water partition coefficient (Wildman–Crippen LogP) is 2.32. The third-order valence-corrected chi connectivity index (χ3v) is 4.20. The van der Waals surface area contributed by atoms with E-state index in [9.17, 15) is 14.4 Å². The van der Waals surface area contributed by atoms with Gasteiger partial charge in [0.1, 0.15) is 12.6 Å². The third kappa shape index (κ3) is 4.32. The van der Waals surface area contributed by atoms with Gasteiger partial charge in [0, 0.05) is 18.5 Å². The van der Waals surface area contributed by atoms with Gasteiger partial charge in [0.15, 0.2) is 0 Å². The molecule has 1 aliphatic heterocycles. The van der Waals surface area contributed by atoms with Gasteiger partial charge in [0.05, 0.1) is 12.1 Å². The number of benzene rings is 2. The number of imide groups is 1. The Bertz CT molecular complexity index is 864. The lowest BCUT2D eigenvalue weighted by Crippen LogP contribution is -2.34. The summed E-state index contributed by atoms with van der Waals surface area (Å²) < 4.78 is 4.79. The van der Waals surface area contributed by atoms with Gasteiger partial charge < -0.3 is 15.4 Å². The monoisotopic (exact) mass is 367 g/mol. The van der Waals surface area contributed by atoms with E-state index < -0.39 is 6.04 Å². The molecule has 1 fully saturated rings. The Morgan fingerprint density at radius 2 is 1.85 bits per heavy atom. The Hall–Kier alpha value is -3.19. The van der Waals surface area contributed by atoms with Crippen molar-refractivity contribution in [3.05, 3.63) is 54.1 Å². The van der Waals surface area contributed by atoms with Crippen molar-refractivity contribution < 1.29 is 19.1 Å². The van der Waals surface area contributed by atoms with Crippen molar-refractivity contribution >= 4 is 34.8 Å². The molecule has 27 heavy (non-hydrogen) atoms. The summed E-state index contributed by atoms with van der Waals surface area (Å²) in [4.78, 5) is 37.9. The van der Waals surface area contributed by atoms with Crippen LogP contribution in [-0.4, -0.2) is 37.5 Å². The van der Waals surface area contributed by atoms with Gasteiger partial charge in [-0.15, -0.1) is 0 Å². The number of carbonyl (C=O) groups is 3. The molecule has 0 spiro atoms. The number of nitrogens with zero attached hydrogens (tertiary/aromatic N) is 1. The second kappa shape index (κ2) is 8.01. The van der Waals surface area contributed by atoms with Crippen molar-refractivity contribution in [2.75, 3.05) is 29.3 Å². The molecule has 1 heterocycles. The van der Waals surface area contributed by atoms with Crippen LogP contribution < -0.4 is 15.5 Å². The number of amides is 3. The molecule has 1 saturated heterocycles. The standard InChI is InChI=1S/C20H21N3O4/c1-13-6-8-16(9-7-13)23-19(25)11-17(20(23)26)21-14-4-3-5-15(10-14)22-18(24)12-27-2/h3-10,17,21H,11-12H2,1-2H3,(H,22,24)/t17-/m0/s1. The van der Waals surface area contributed by atoms with E-state index in [1.165, 1.54) is 12.0 Å². The number of hydrogen-bond acceptors (Lipinski definition) is 5. The smallest absolute Gasteiger partial charge is 0.256 e. The van der Waals surface area contributed by atoms with Gasteiger partial charge >= 0.3 is 0 Å². The Balaban J connectivity index is 1.71. The molecule has 2 aromatic carbocycles. The van der Waals surface area contributed by atoms with E-state index in [1.54, 1.807) is 36.4 Å².